The normalized spacial score (nSPS) is 17.9. The third-order valence-corrected chi connectivity index (χ3v) is 3.56. The first-order chi connectivity index (χ1) is 6.79. The molecule has 2 heteroatoms. The van der Waals surface area contributed by atoms with Crippen LogP contribution in [-0.4, -0.2) is 12.3 Å². The summed E-state index contributed by atoms with van der Waals surface area (Å²) in [6.45, 7) is 2.28. The molecule has 1 saturated carbocycles. The highest BCUT2D eigenvalue weighted by molar-refractivity contribution is 7.98. The Morgan fingerprint density at radius 3 is 2.43 bits per heavy atom. The molecule has 1 atom stereocenters. The van der Waals surface area contributed by atoms with Crippen molar-refractivity contribution in [3.63, 3.8) is 0 Å². The molecular weight excluding hydrogens is 190 g/mol. The van der Waals surface area contributed by atoms with Crippen molar-refractivity contribution in [2.75, 3.05) is 11.6 Å². The maximum absolute atomic E-state index is 3.55. The lowest BCUT2D eigenvalue weighted by Gasteiger charge is -2.14. The summed E-state index contributed by atoms with van der Waals surface area (Å²) >= 11 is 1.79. The molecule has 1 nitrogen and oxygen atoms in total. The average molecular weight is 207 g/mol. The molecule has 2 rings (SSSR count). The Balaban J connectivity index is 1.95. The minimum absolute atomic E-state index is 0.634. The fourth-order valence-electron chi connectivity index (χ4n) is 1.66. The fourth-order valence-corrected chi connectivity index (χ4v) is 2.07. The SMILES string of the molecule is CSc1ccc(N[C@H](C)C2CC2)cc1. The Morgan fingerprint density at radius 2 is 1.93 bits per heavy atom. The average Bonchev–Trinajstić information content (AvgIpc) is 3.02. The number of hydrogen-bond acceptors (Lipinski definition) is 2. The van der Waals surface area contributed by atoms with Crippen molar-refractivity contribution in [2.24, 2.45) is 5.92 Å². The molecule has 14 heavy (non-hydrogen) atoms. The van der Waals surface area contributed by atoms with Gasteiger partial charge in [0, 0.05) is 16.6 Å². The van der Waals surface area contributed by atoms with Crippen LogP contribution in [0.25, 0.3) is 0 Å². The number of anilines is 1. The van der Waals surface area contributed by atoms with Crippen LogP contribution in [0, 0.1) is 5.92 Å². The van der Waals surface area contributed by atoms with Gasteiger partial charge in [-0.25, -0.2) is 0 Å². The highest BCUT2D eigenvalue weighted by Gasteiger charge is 2.27. The van der Waals surface area contributed by atoms with E-state index in [1.54, 1.807) is 11.8 Å². The zero-order chi connectivity index (χ0) is 9.97. The van der Waals surface area contributed by atoms with E-state index >= 15 is 0 Å². The van der Waals surface area contributed by atoms with Crippen LogP contribution >= 0.6 is 11.8 Å². The maximum Gasteiger partial charge on any atom is 0.0343 e. The van der Waals surface area contributed by atoms with Crippen molar-refractivity contribution in [1.29, 1.82) is 0 Å². The molecule has 0 saturated heterocycles. The quantitative estimate of drug-likeness (QED) is 0.757. The van der Waals surface area contributed by atoms with Gasteiger partial charge >= 0.3 is 0 Å². The number of hydrogen-bond donors (Lipinski definition) is 1. The van der Waals surface area contributed by atoms with Crippen LogP contribution in [0.4, 0.5) is 5.69 Å². The van der Waals surface area contributed by atoms with E-state index in [-0.39, 0.29) is 0 Å². The van der Waals surface area contributed by atoms with E-state index < -0.39 is 0 Å². The van der Waals surface area contributed by atoms with Crippen molar-refractivity contribution in [1.82, 2.24) is 0 Å². The van der Waals surface area contributed by atoms with Crippen molar-refractivity contribution >= 4 is 17.4 Å². The smallest absolute Gasteiger partial charge is 0.0343 e. The predicted molar refractivity (Wildman–Crippen MR) is 64.0 cm³/mol. The minimum Gasteiger partial charge on any atom is -0.382 e. The second kappa shape index (κ2) is 4.26. The third kappa shape index (κ3) is 2.44. The summed E-state index contributed by atoms with van der Waals surface area (Å²) < 4.78 is 0. The Labute approximate surface area is 90.3 Å². The van der Waals surface area contributed by atoms with Crippen LogP contribution in [-0.2, 0) is 0 Å². The van der Waals surface area contributed by atoms with Gasteiger partial charge < -0.3 is 5.32 Å². The van der Waals surface area contributed by atoms with Gasteiger partial charge in [-0.15, -0.1) is 11.8 Å². The molecular formula is C12H17NS. The lowest BCUT2D eigenvalue weighted by atomic mass is 10.2. The van der Waals surface area contributed by atoms with Crippen LogP contribution in [0.1, 0.15) is 19.8 Å². The van der Waals surface area contributed by atoms with E-state index in [0.717, 1.165) is 5.92 Å². The van der Waals surface area contributed by atoms with Gasteiger partial charge in [-0.1, -0.05) is 0 Å². The molecule has 1 aliphatic rings. The van der Waals surface area contributed by atoms with Crippen molar-refractivity contribution in [3.05, 3.63) is 24.3 Å². The molecule has 1 N–H and O–H groups in total. The van der Waals surface area contributed by atoms with Gasteiger partial charge in [0.05, 0.1) is 0 Å². The van der Waals surface area contributed by atoms with Crippen LogP contribution in [0.15, 0.2) is 29.2 Å². The summed E-state index contributed by atoms with van der Waals surface area (Å²) in [6, 6.07) is 9.32. The number of nitrogens with one attached hydrogen (secondary N) is 1. The van der Waals surface area contributed by atoms with Gasteiger partial charge in [-0.3, -0.25) is 0 Å². The molecule has 0 heterocycles. The Morgan fingerprint density at radius 1 is 1.29 bits per heavy atom. The molecule has 0 radical (unpaired) electrons. The Hall–Kier alpha value is -0.630. The second-order valence-corrected chi connectivity index (χ2v) is 4.88. The van der Waals surface area contributed by atoms with Gasteiger partial charge in [0.25, 0.3) is 0 Å². The summed E-state index contributed by atoms with van der Waals surface area (Å²) in [6.07, 6.45) is 4.91. The lowest BCUT2D eigenvalue weighted by molar-refractivity contribution is 0.694. The molecule has 1 aliphatic carbocycles. The first kappa shape index (κ1) is 9.91. The van der Waals surface area contributed by atoms with E-state index in [2.05, 4.69) is 42.8 Å². The summed E-state index contributed by atoms with van der Waals surface area (Å²) in [5.41, 5.74) is 1.25. The molecule has 0 bridgehead atoms. The van der Waals surface area contributed by atoms with E-state index in [4.69, 9.17) is 0 Å². The first-order valence-electron chi connectivity index (χ1n) is 5.20. The lowest BCUT2D eigenvalue weighted by Crippen LogP contribution is -2.16. The highest BCUT2D eigenvalue weighted by Crippen LogP contribution is 2.34. The second-order valence-electron chi connectivity index (χ2n) is 4.00. The van der Waals surface area contributed by atoms with Gasteiger partial charge in [0.1, 0.15) is 0 Å². The van der Waals surface area contributed by atoms with E-state index in [9.17, 15) is 0 Å². The van der Waals surface area contributed by atoms with Gasteiger partial charge in [0.15, 0.2) is 0 Å². The maximum atomic E-state index is 3.55. The molecule has 1 fully saturated rings. The first-order valence-corrected chi connectivity index (χ1v) is 6.42. The Kier molecular flexibility index (Phi) is 3.02. The summed E-state index contributed by atoms with van der Waals surface area (Å²) in [4.78, 5) is 1.33. The summed E-state index contributed by atoms with van der Waals surface area (Å²) in [7, 11) is 0. The molecule has 0 amide bonds. The van der Waals surface area contributed by atoms with Crippen molar-refractivity contribution in [3.8, 4) is 0 Å². The number of benzene rings is 1. The van der Waals surface area contributed by atoms with Crippen LogP contribution in [0.3, 0.4) is 0 Å². The molecule has 0 unspecified atom stereocenters. The van der Waals surface area contributed by atoms with Crippen LogP contribution in [0.5, 0.6) is 0 Å². The highest BCUT2D eigenvalue weighted by atomic mass is 32.2. The topological polar surface area (TPSA) is 12.0 Å². The monoisotopic (exact) mass is 207 g/mol. The van der Waals surface area contributed by atoms with E-state index in [1.807, 2.05) is 0 Å². The molecule has 76 valence electrons. The molecule has 0 spiro atoms. The Bertz CT molecular complexity index is 290. The van der Waals surface area contributed by atoms with E-state index in [0.29, 0.717) is 6.04 Å². The standard InChI is InChI=1S/C12H17NS/c1-9(10-3-4-10)13-11-5-7-12(14-2)8-6-11/h5-10,13H,3-4H2,1-2H3/t9-/m1/s1. The fraction of sp³-hybridized carbons (Fsp3) is 0.500. The van der Waals surface area contributed by atoms with Crippen molar-refractivity contribution < 1.29 is 0 Å². The molecule has 0 aliphatic heterocycles. The number of thioether (sulfide) groups is 1. The third-order valence-electron chi connectivity index (χ3n) is 2.81. The zero-order valence-electron chi connectivity index (χ0n) is 8.79. The molecule has 0 aromatic heterocycles. The summed E-state index contributed by atoms with van der Waals surface area (Å²) in [5, 5.41) is 3.55. The zero-order valence-corrected chi connectivity index (χ0v) is 9.60. The summed E-state index contributed by atoms with van der Waals surface area (Å²) in [5.74, 6) is 0.912. The van der Waals surface area contributed by atoms with Gasteiger partial charge in [-0.05, 0) is 56.2 Å². The van der Waals surface area contributed by atoms with Gasteiger partial charge in [-0.2, -0.15) is 0 Å². The minimum atomic E-state index is 0.634. The van der Waals surface area contributed by atoms with Gasteiger partial charge in [0.2, 0.25) is 0 Å². The number of rotatable bonds is 4. The van der Waals surface area contributed by atoms with Crippen molar-refractivity contribution in [2.45, 2.75) is 30.7 Å². The van der Waals surface area contributed by atoms with E-state index in [1.165, 1.54) is 23.4 Å². The van der Waals surface area contributed by atoms with Crippen LogP contribution < -0.4 is 5.32 Å². The molecule has 1 aromatic rings. The van der Waals surface area contributed by atoms with Crippen LogP contribution in [0.2, 0.25) is 0 Å². The molecule has 1 aromatic carbocycles. The predicted octanol–water partition coefficient (Wildman–Crippen LogP) is 3.62. The largest absolute Gasteiger partial charge is 0.382 e.